The topological polar surface area (TPSA) is 38.7 Å². The zero-order chi connectivity index (χ0) is 8.27. The van der Waals surface area contributed by atoms with Crippen LogP contribution in [0.1, 0.15) is 0 Å². The number of ether oxygens (including phenoxy) is 1. The second-order valence-corrected chi connectivity index (χ2v) is 2.34. The van der Waals surface area contributed by atoms with Crippen LogP contribution in [0.4, 0.5) is 5.69 Å². The summed E-state index contributed by atoms with van der Waals surface area (Å²) in [7, 11) is 1.47. The summed E-state index contributed by atoms with van der Waals surface area (Å²) in [6.07, 6.45) is 0. The Morgan fingerprint density at radius 1 is 1.55 bits per heavy atom. The molecule has 0 fully saturated rings. The van der Waals surface area contributed by atoms with E-state index >= 15 is 0 Å². The summed E-state index contributed by atoms with van der Waals surface area (Å²) >= 11 is 5.60. The molecule has 0 spiro atoms. The minimum atomic E-state index is 0.222. The van der Waals surface area contributed by atoms with Gasteiger partial charge in [-0.3, -0.25) is 0 Å². The van der Waals surface area contributed by atoms with Crippen LogP contribution in [-0.4, -0.2) is 7.11 Å². The molecule has 0 aliphatic heterocycles. The molecule has 3 nitrogen and oxygen atoms in total. The predicted molar refractivity (Wildman–Crippen MR) is 43.5 cm³/mol. The summed E-state index contributed by atoms with van der Waals surface area (Å²) in [4.78, 5) is 10.1. The van der Waals surface area contributed by atoms with E-state index in [0.29, 0.717) is 10.8 Å². The fraction of sp³-hybridized carbons (Fsp3) is 0.143. The van der Waals surface area contributed by atoms with Crippen molar-refractivity contribution in [3.63, 3.8) is 0 Å². The van der Waals surface area contributed by atoms with Crippen LogP contribution < -0.4 is 4.74 Å². The van der Waals surface area contributed by atoms with Gasteiger partial charge in [-0.1, -0.05) is 11.6 Å². The van der Waals surface area contributed by atoms with E-state index < -0.39 is 0 Å². The first-order valence-corrected chi connectivity index (χ1v) is 3.32. The number of benzene rings is 1. The molecule has 11 heavy (non-hydrogen) atoms. The number of hydrogen-bond acceptors (Lipinski definition) is 3. The summed E-state index contributed by atoms with van der Waals surface area (Å²) in [6.45, 7) is 0. The molecule has 58 valence electrons. The van der Waals surface area contributed by atoms with Gasteiger partial charge in [-0.05, 0) is 23.4 Å². The van der Waals surface area contributed by atoms with Crippen LogP contribution in [0.3, 0.4) is 0 Å². The molecule has 0 aliphatic carbocycles. The van der Waals surface area contributed by atoms with Gasteiger partial charge in [0, 0.05) is 5.02 Å². The molecule has 0 saturated carbocycles. The molecular weight excluding hydrogens is 166 g/mol. The van der Waals surface area contributed by atoms with Gasteiger partial charge in [-0.15, -0.1) is 4.91 Å². The summed E-state index contributed by atoms with van der Waals surface area (Å²) in [6, 6.07) is 4.68. The average molecular weight is 172 g/mol. The van der Waals surface area contributed by atoms with Gasteiger partial charge >= 0.3 is 0 Å². The third-order valence-electron chi connectivity index (χ3n) is 1.24. The van der Waals surface area contributed by atoms with Gasteiger partial charge in [0.25, 0.3) is 0 Å². The average Bonchev–Trinajstić information content (AvgIpc) is 2.04. The highest BCUT2D eigenvalue weighted by Crippen LogP contribution is 2.29. The maximum Gasteiger partial charge on any atom is 0.151 e. The second kappa shape index (κ2) is 3.34. The van der Waals surface area contributed by atoms with E-state index in [4.69, 9.17) is 16.3 Å². The highest BCUT2D eigenvalue weighted by atomic mass is 35.5. The minimum Gasteiger partial charge on any atom is -0.494 e. The largest absolute Gasteiger partial charge is 0.494 e. The van der Waals surface area contributed by atoms with Gasteiger partial charge < -0.3 is 4.74 Å². The Morgan fingerprint density at radius 3 is 2.82 bits per heavy atom. The van der Waals surface area contributed by atoms with Gasteiger partial charge in [-0.2, -0.15) is 0 Å². The molecule has 0 aliphatic rings. The quantitative estimate of drug-likeness (QED) is 0.642. The molecule has 0 heterocycles. The zero-order valence-corrected chi connectivity index (χ0v) is 6.63. The first kappa shape index (κ1) is 8.01. The van der Waals surface area contributed by atoms with Crippen LogP contribution in [0.2, 0.25) is 5.02 Å². The molecule has 0 aromatic heterocycles. The molecule has 0 saturated heterocycles. The summed E-state index contributed by atoms with van der Waals surface area (Å²) in [5.74, 6) is 0.435. The van der Waals surface area contributed by atoms with Crippen LogP contribution in [-0.2, 0) is 0 Å². The lowest BCUT2D eigenvalue weighted by molar-refractivity contribution is 0.416. The van der Waals surface area contributed by atoms with E-state index in [9.17, 15) is 4.91 Å². The standard InChI is InChI=1S/C7H6ClNO2/c1-11-7-3-2-5(8)4-6(7)9-10/h2-4H,1H3. The SMILES string of the molecule is COc1ccc(Cl)cc1N=O. The molecular formula is C7H6ClNO2. The number of nitrogens with zero attached hydrogens (tertiary/aromatic N) is 1. The monoisotopic (exact) mass is 171 g/mol. The maximum atomic E-state index is 10.1. The van der Waals surface area contributed by atoms with E-state index in [1.54, 1.807) is 12.1 Å². The zero-order valence-electron chi connectivity index (χ0n) is 5.87. The first-order chi connectivity index (χ1) is 5.27. The summed E-state index contributed by atoms with van der Waals surface area (Å²) in [5, 5.41) is 3.22. The number of hydrogen-bond donors (Lipinski definition) is 0. The van der Waals surface area contributed by atoms with E-state index in [-0.39, 0.29) is 5.69 Å². The Labute approximate surface area is 68.9 Å². The predicted octanol–water partition coefficient (Wildman–Crippen LogP) is 2.75. The first-order valence-electron chi connectivity index (χ1n) is 2.95. The molecule has 1 aromatic carbocycles. The molecule has 1 rings (SSSR count). The highest BCUT2D eigenvalue weighted by Gasteiger charge is 2.02. The third-order valence-corrected chi connectivity index (χ3v) is 1.47. The van der Waals surface area contributed by atoms with Crippen LogP contribution in [0, 0.1) is 4.91 Å². The fourth-order valence-electron chi connectivity index (χ4n) is 0.734. The van der Waals surface area contributed by atoms with Crippen molar-refractivity contribution in [2.75, 3.05) is 7.11 Å². The number of methoxy groups -OCH3 is 1. The number of halogens is 1. The normalized spacial score (nSPS) is 9.27. The fourth-order valence-corrected chi connectivity index (χ4v) is 0.901. The summed E-state index contributed by atoms with van der Waals surface area (Å²) in [5.41, 5.74) is 0.222. The lowest BCUT2D eigenvalue weighted by Crippen LogP contribution is -1.81. The lowest BCUT2D eigenvalue weighted by Gasteiger charge is -2.00. The van der Waals surface area contributed by atoms with Crippen molar-refractivity contribution in [3.8, 4) is 5.75 Å². The molecule has 0 unspecified atom stereocenters. The highest BCUT2D eigenvalue weighted by molar-refractivity contribution is 6.30. The smallest absolute Gasteiger partial charge is 0.151 e. The maximum absolute atomic E-state index is 10.1. The van der Waals surface area contributed by atoms with Crippen LogP contribution >= 0.6 is 11.6 Å². The van der Waals surface area contributed by atoms with Gasteiger partial charge in [0.15, 0.2) is 5.69 Å². The Hall–Kier alpha value is -1.09. The van der Waals surface area contributed by atoms with Gasteiger partial charge in [0.05, 0.1) is 7.11 Å². The molecule has 1 aromatic rings. The molecule has 0 N–H and O–H groups in total. The van der Waals surface area contributed by atoms with Crippen molar-refractivity contribution < 1.29 is 4.74 Å². The van der Waals surface area contributed by atoms with Crippen LogP contribution in [0.25, 0.3) is 0 Å². The second-order valence-electron chi connectivity index (χ2n) is 1.91. The number of rotatable bonds is 2. The lowest BCUT2D eigenvalue weighted by atomic mass is 10.3. The van der Waals surface area contributed by atoms with Crippen LogP contribution in [0.5, 0.6) is 5.75 Å². The van der Waals surface area contributed by atoms with E-state index in [2.05, 4.69) is 5.18 Å². The molecule has 0 bridgehead atoms. The summed E-state index contributed by atoms with van der Waals surface area (Å²) < 4.78 is 4.84. The van der Waals surface area contributed by atoms with Gasteiger partial charge in [0.1, 0.15) is 5.75 Å². The molecule has 0 radical (unpaired) electrons. The Morgan fingerprint density at radius 2 is 2.27 bits per heavy atom. The van der Waals surface area contributed by atoms with E-state index in [1.165, 1.54) is 13.2 Å². The van der Waals surface area contributed by atoms with E-state index in [1.807, 2.05) is 0 Å². The Kier molecular flexibility index (Phi) is 2.44. The van der Waals surface area contributed by atoms with Crippen molar-refractivity contribution in [2.24, 2.45) is 5.18 Å². The van der Waals surface area contributed by atoms with Crippen molar-refractivity contribution in [1.82, 2.24) is 0 Å². The Balaban J connectivity index is 3.16. The van der Waals surface area contributed by atoms with Crippen molar-refractivity contribution in [2.45, 2.75) is 0 Å². The molecule has 0 amide bonds. The molecule has 0 atom stereocenters. The molecule has 4 heteroatoms. The van der Waals surface area contributed by atoms with Gasteiger partial charge in [0.2, 0.25) is 0 Å². The van der Waals surface area contributed by atoms with Crippen molar-refractivity contribution in [3.05, 3.63) is 28.1 Å². The van der Waals surface area contributed by atoms with Crippen molar-refractivity contribution in [1.29, 1.82) is 0 Å². The van der Waals surface area contributed by atoms with Gasteiger partial charge in [-0.25, -0.2) is 0 Å². The Bertz CT molecular complexity index is 275. The van der Waals surface area contributed by atoms with E-state index in [0.717, 1.165) is 0 Å². The third kappa shape index (κ3) is 1.68. The minimum absolute atomic E-state index is 0.222. The van der Waals surface area contributed by atoms with Crippen molar-refractivity contribution >= 4 is 17.3 Å². The number of nitroso groups, excluding NO2 is 1. The van der Waals surface area contributed by atoms with Crippen LogP contribution in [0.15, 0.2) is 23.4 Å².